The van der Waals surface area contributed by atoms with Crippen LogP contribution < -0.4 is 10.6 Å². The molecule has 0 saturated carbocycles. The molecule has 0 aliphatic heterocycles. The number of hydrogen-bond donors (Lipinski definition) is 2. The third-order valence-corrected chi connectivity index (χ3v) is 5.66. The number of hydrogen-bond acceptors (Lipinski definition) is 4. The SMILES string of the molecule is O=C(Cn1nc(CNc2ccc(Cl)cc2)n(-c2ccccc2)c1=S)Nc1ccccc1C(F)(F)F. The number of nitrogens with one attached hydrogen (secondary N) is 2. The van der Waals surface area contributed by atoms with Gasteiger partial charge in [-0.25, -0.2) is 4.68 Å². The monoisotopic (exact) mass is 517 g/mol. The fourth-order valence-electron chi connectivity index (χ4n) is 3.42. The number of carbonyl (C=O) groups is 1. The molecule has 0 aliphatic carbocycles. The molecule has 11 heteroatoms. The van der Waals surface area contributed by atoms with Gasteiger partial charge in [-0.15, -0.1) is 0 Å². The summed E-state index contributed by atoms with van der Waals surface area (Å²) in [6.45, 7) is -0.0928. The van der Waals surface area contributed by atoms with E-state index in [1.807, 2.05) is 42.5 Å². The molecular formula is C24H19ClF3N5OS. The Balaban J connectivity index is 1.60. The highest BCUT2D eigenvalue weighted by atomic mass is 35.5. The Morgan fingerprint density at radius 2 is 1.63 bits per heavy atom. The summed E-state index contributed by atoms with van der Waals surface area (Å²) in [6.07, 6.45) is -4.60. The summed E-state index contributed by atoms with van der Waals surface area (Å²) in [5.41, 5.74) is 0.277. The lowest BCUT2D eigenvalue weighted by atomic mass is 10.1. The predicted octanol–water partition coefficient (Wildman–Crippen LogP) is 6.33. The summed E-state index contributed by atoms with van der Waals surface area (Å²) >= 11 is 11.5. The molecule has 0 atom stereocenters. The largest absolute Gasteiger partial charge is 0.418 e. The normalized spacial score (nSPS) is 11.3. The van der Waals surface area contributed by atoms with Crippen molar-refractivity contribution in [2.75, 3.05) is 10.6 Å². The Morgan fingerprint density at radius 3 is 2.31 bits per heavy atom. The second-order valence-corrected chi connectivity index (χ2v) is 8.28. The molecule has 4 aromatic rings. The fraction of sp³-hybridized carbons (Fsp3) is 0.125. The minimum absolute atomic E-state index is 0.225. The van der Waals surface area contributed by atoms with Gasteiger partial charge in [-0.05, 0) is 60.7 Å². The predicted molar refractivity (Wildman–Crippen MR) is 131 cm³/mol. The van der Waals surface area contributed by atoms with E-state index in [1.165, 1.54) is 22.9 Å². The molecular weight excluding hydrogens is 499 g/mol. The van der Waals surface area contributed by atoms with Gasteiger partial charge in [-0.1, -0.05) is 41.9 Å². The Kier molecular flexibility index (Phi) is 7.23. The van der Waals surface area contributed by atoms with Crippen molar-refractivity contribution in [1.82, 2.24) is 14.3 Å². The standard InChI is InChI=1S/C24H19ClF3N5OS/c25-16-10-12-17(13-11-16)29-14-21-31-32(23(35)33(21)18-6-2-1-3-7-18)15-22(34)30-20-9-5-4-8-19(20)24(26,27)28/h1-13,29H,14-15H2,(H,30,34). The molecule has 2 N–H and O–H groups in total. The summed E-state index contributed by atoms with van der Waals surface area (Å²) in [5.74, 6) is -0.174. The van der Waals surface area contributed by atoms with Crippen LogP contribution in [0.25, 0.3) is 5.69 Å². The number of halogens is 4. The summed E-state index contributed by atoms with van der Waals surface area (Å²) in [5, 5.41) is 10.6. The van der Waals surface area contributed by atoms with Crippen molar-refractivity contribution in [3.8, 4) is 5.69 Å². The van der Waals surface area contributed by atoms with Crippen LogP contribution in [-0.4, -0.2) is 20.3 Å². The molecule has 0 unspecified atom stereocenters. The molecule has 1 amide bonds. The number of nitrogens with zero attached hydrogens (tertiary/aromatic N) is 3. The number of alkyl halides is 3. The first-order chi connectivity index (χ1) is 16.7. The van der Waals surface area contributed by atoms with Crippen molar-refractivity contribution in [3.63, 3.8) is 0 Å². The van der Waals surface area contributed by atoms with Gasteiger partial charge in [0, 0.05) is 16.4 Å². The minimum Gasteiger partial charge on any atom is -0.378 e. The smallest absolute Gasteiger partial charge is 0.378 e. The highest BCUT2D eigenvalue weighted by molar-refractivity contribution is 7.71. The summed E-state index contributed by atoms with van der Waals surface area (Å²) in [7, 11) is 0. The molecule has 180 valence electrons. The number of benzene rings is 3. The third-order valence-electron chi connectivity index (χ3n) is 5.02. The van der Waals surface area contributed by atoms with Crippen LogP contribution in [0.15, 0.2) is 78.9 Å². The highest BCUT2D eigenvalue weighted by Gasteiger charge is 2.33. The second-order valence-electron chi connectivity index (χ2n) is 7.48. The number of carbonyl (C=O) groups excluding carboxylic acids is 1. The maximum Gasteiger partial charge on any atom is 0.418 e. The summed E-state index contributed by atoms with van der Waals surface area (Å²) in [4.78, 5) is 12.7. The van der Waals surface area contributed by atoms with Gasteiger partial charge < -0.3 is 10.6 Å². The van der Waals surface area contributed by atoms with Crippen LogP contribution in [-0.2, 0) is 24.1 Å². The molecule has 1 aromatic heterocycles. The van der Waals surface area contributed by atoms with Crippen LogP contribution in [0, 0.1) is 4.77 Å². The van der Waals surface area contributed by atoms with Crippen molar-refractivity contribution in [2.45, 2.75) is 19.3 Å². The van der Waals surface area contributed by atoms with Crippen molar-refractivity contribution in [3.05, 3.63) is 100 Å². The summed E-state index contributed by atoms with van der Waals surface area (Å²) < 4.78 is 43.0. The first-order valence-corrected chi connectivity index (χ1v) is 11.2. The van der Waals surface area contributed by atoms with E-state index in [1.54, 1.807) is 16.7 Å². The van der Waals surface area contributed by atoms with E-state index in [4.69, 9.17) is 23.8 Å². The topological polar surface area (TPSA) is 63.9 Å². The van der Waals surface area contributed by atoms with Crippen LogP contribution in [0.2, 0.25) is 5.02 Å². The molecule has 0 spiro atoms. The maximum atomic E-state index is 13.3. The minimum atomic E-state index is -4.60. The highest BCUT2D eigenvalue weighted by Crippen LogP contribution is 2.34. The average molecular weight is 518 g/mol. The molecule has 0 fully saturated rings. The Labute approximate surface area is 209 Å². The number of para-hydroxylation sites is 2. The van der Waals surface area contributed by atoms with Crippen molar-refractivity contribution < 1.29 is 18.0 Å². The zero-order chi connectivity index (χ0) is 25.0. The van der Waals surface area contributed by atoms with Crippen molar-refractivity contribution in [1.29, 1.82) is 0 Å². The lowest BCUT2D eigenvalue weighted by Crippen LogP contribution is -2.22. The lowest BCUT2D eigenvalue weighted by Gasteiger charge is -2.13. The Morgan fingerprint density at radius 1 is 0.971 bits per heavy atom. The third kappa shape index (κ3) is 5.90. The van der Waals surface area contributed by atoms with Crippen LogP contribution in [0.4, 0.5) is 24.5 Å². The summed E-state index contributed by atoms with van der Waals surface area (Å²) in [6, 6.07) is 21.1. The van der Waals surface area contributed by atoms with Gasteiger partial charge in [0.25, 0.3) is 0 Å². The molecule has 0 radical (unpaired) electrons. The molecule has 6 nitrogen and oxygen atoms in total. The van der Waals surface area contributed by atoms with E-state index >= 15 is 0 Å². The fourth-order valence-corrected chi connectivity index (χ4v) is 3.86. The van der Waals surface area contributed by atoms with Gasteiger partial charge in [-0.2, -0.15) is 18.3 Å². The number of amides is 1. The van der Waals surface area contributed by atoms with Gasteiger partial charge in [0.2, 0.25) is 10.7 Å². The van der Waals surface area contributed by atoms with E-state index in [9.17, 15) is 18.0 Å². The van der Waals surface area contributed by atoms with Crippen LogP contribution >= 0.6 is 23.8 Å². The van der Waals surface area contributed by atoms with Crippen LogP contribution in [0.3, 0.4) is 0 Å². The molecule has 0 saturated heterocycles. The van der Waals surface area contributed by atoms with Crippen LogP contribution in [0.5, 0.6) is 0 Å². The van der Waals surface area contributed by atoms with E-state index < -0.39 is 17.6 Å². The number of rotatable bonds is 7. The van der Waals surface area contributed by atoms with Gasteiger partial charge in [0.05, 0.1) is 17.8 Å². The second kappa shape index (κ2) is 10.3. The molecule has 0 bridgehead atoms. The molecule has 35 heavy (non-hydrogen) atoms. The first kappa shape index (κ1) is 24.5. The van der Waals surface area contributed by atoms with E-state index in [0.717, 1.165) is 17.4 Å². The lowest BCUT2D eigenvalue weighted by molar-refractivity contribution is -0.137. The van der Waals surface area contributed by atoms with Gasteiger partial charge in [0.15, 0.2) is 5.82 Å². The van der Waals surface area contributed by atoms with Gasteiger partial charge in [0.1, 0.15) is 6.54 Å². The molecule has 0 aliphatic rings. The molecule has 3 aromatic carbocycles. The number of aromatic nitrogens is 3. The zero-order valence-corrected chi connectivity index (χ0v) is 19.7. The molecule has 4 rings (SSSR count). The van der Waals surface area contributed by atoms with Crippen molar-refractivity contribution >= 4 is 41.1 Å². The van der Waals surface area contributed by atoms with Crippen LogP contribution in [0.1, 0.15) is 11.4 Å². The van der Waals surface area contributed by atoms with E-state index in [2.05, 4.69) is 15.7 Å². The van der Waals surface area contributed by atoms with Gasteiger partial charge >= 0.3 is 6.18 Å². The maximum absolute atomic E-state index is 13.3. The van der Waals surface area contributed by atoms with E-state index in [0.29, 0.717) is 10.8 Å². The number of anilines is 2. The Hall–Kier alpha value is -3.63. The first-order valence-electron chi connectivity index (χ1n) is 10.4. The molecule has 1 heterocycles. The van der Waals surface area contributed by atoms with Gasteiger partial charge in [-0.3, -0.25) is 9.36 Å². The quantitative estimate of drug-likeness (QED) is 0.281. The van der Waals surface area contributed by atoms with E-state index in [-0.39, 0.29) is 23.5 Å². The Bertz CT molecular complexity index is 1390. The van der Waals surface area contributed by atoms with Crippen molar-refractivity contribution in [2.24, 2.45) is 0 Å². The zero-order valence-electron chi connectivity index (χ0n) is 18.1. The average Bonchev–Trinajstić information content (AvgIpc) is 3.13.